The Morgan fingerprint density at radius 3 is 2.47 bits per heavy atom. The number of hydrogen-bond acceptors (Lipinski definition) is 3. The van der Waals surface area contributed by atoms with Gasteiger partial charge in [0.25, 0.3) is 0 Å². The third kappa shape index (κ3) is 1.99. The fourth-order valence-electron chi connectivity index (χ4n) is 2.35. The van der Waals surface area contributed by atoms with Gasteiger partial charge in [-0.1, -0.05) is 19.9 Å². The van der Waals surface area contributed by atoms with Crippen LogP contribution in [-0.4, -0.2) is 19.5 Å². The number of benzene rings is 1. The van der Waals surface area contributed by atoms with E-state index in [9.17, 15) is 0 Å². The lowest BCUT2D eigenvalue weighted by atomic mass is 10.1. The molecule has 0 bridgehead atoms. The molecule has 0 saturated heterocycles. The standard InChI is InChI=1S/C15H16N4/c1-10(2)15-18-13-5-4-11(6-14(13)19(15)3)12-7-16-9-17-8-12/h4-10H,1-3H3. The van der Waals surface area contributed by atoms with E-state index >= 15 is 0 Å². The summed E-state index contributed by atoms with van der Waals surface area (Å²) in [6, 6.07) is 6.27. The summed E-state index contributed by atoms with van der Waals surface area (Å²) in [7, 11) is 2.07. The molecule has 2 aromatic heterocycles. The predicted octanol–water partition coefficient (Wildman–Crippen LogP) is 3.15. The topological polar surface area (TPSA) is 43.6 Å². The summed E-state index contributed by atoms with van der Waals surface area (Å²) in [5, 5.41) is 0. The number of nitrogens with zero attached hydrogens (tertiary/aromatic N) is 4. The van der Waals surface area contributed by atoms with E-state index in [1.165, 1.54) is 0 Å². The van der Waals surface area contributed by atoms with Crippen molar-refractivity contribution in [1.29, 1.82) is 0 Å². The van der Waals surface area contributed by atoms with Gasteiger partial charge in [-0.2, -0.15) is 0 Å². The average molecular weight is 252 g/mol. The Bertz CT molecular complexity index is 714. The van der Waals surface area contributed by atoms with Crippen LogP contribution in [0.15, 0.2) is 36.9 Å². The summed E-state index contributed by atoms with van der Waals surface area (Å²) in [6.45, 7) is 4.32. The zero-order chi connectivity index (χ0) is 13.4. The molecule has 4 nitrogen and oxygen atoms in total. The van der Waals surface area contributed by atoms with E-state index in [1.807, 2.05) is 12.4 Å². The fourth-order valence-corrected chi connectivity index (χ4v) is 2.35. The van der Waals surface area contributed by atoms with Crippen LogP contribution in [0.2, 0.25) is 0 Å². The van der Waals surface area contributed by atoms with Crippen molar-refractivity contribution in [1.82, 2.24) is 19.5 Å². The van der Waals surface area contributed by atoms with Gasteiger partial charge in [-0.3, -0.25) is 0 Å². The van der Waals surface area contributed by atoms with Gasteiger partial charge in [0.15, 0.2) is 0 Å². The van der Waals surface area contributed by atoms with Crippen LogP contribution in [0.1, 0.15) is 25.6 Å². The second-order valence-electron chi connectivity index (χ2n) is 5.01. The maximum absolute atomic E-state index is 4.68. The molecule has 0 atom stereocenters. The molecule has 3 rings (SSSR count). The van der Waals surface area contributed by atoms with Crippen LogP contribution in [-0.2, 0) is 7.05 Å². The summed E-state index contributed by atoms with van der Waals surface area (Å²) in [5.74, 6) is 1.53. The molecule has 0 amide bonds. The molecule has 96 valence electrons. The molecule has 0 aliphatic heterocycles. The monoisotopic (exact) mass is 252 g/mol. The highest BCUT2D eigenvalue weighted by atomic mass is 15.1. The molecule has 1 aromatic carbocycles. The number of aromatic nitrogens is 4. The molecule has 0 N–H and O–H groups in total. The van der Waals surface area contributed by atoms with Gasteiger partial charge in [0, 0.05) is 30.9 Å². The molecule has 0 aliphatic carbocycles. The van der Waals surface area contributed by atoms with Crippen molar-refractivity contribution >= 4 is 11.0 Å². The Kier molecular flexibility index (Phi) is 2.78. The van der Waals surface area contributed by atoms with Crippen LogP contribution in [0.25, 0.3) is 22.2 Å². The van der Waals surface area contributed by atoms with Crippen LogP contribution in [0.3, 0.4) is 0 Å². The molecule has 0 aliphatic rings. The lowest BCUT2D eigenvalue weighted by molar-refractivity contribution is 0.722. The molecular formula is C15H16N4. The van der Waals surface area contributed by atoms with Gasteiger partial charge < -0.3 is 4.57 Å². The third-order valence-corrected chi connectivity index (χ3v) is 3.33. The quantitative estimate of drug-likeness (QED) is 0.703. The van der Waals surface area contributed by atoms with Crippen LogP contribution in [0.4, 0.5) is 0 Å². The number of fused-ring (bicyclic) bond motifs is 1. The normalized spacial score (nSPS) is 11.4. The SMILES string of the molecule is CC(C)c1nc2ccc(-c3cncnc3)cc2n1C. The van der Waals surface area contributed by atoms with Crippen molar-refractivity contribution in [2.45, 2.75) is 19.8 Å². The maximum atomic E-state index is 4.68. The summed E-state index contributed by atoms with van der Waals surface area (Å²) >= 11 is 0. The van der Waals surface area contributed by atoms with E-state index < -0.39 is 0 Å². The molecule has 0 radical (unpaired) electrons. The molecule has 19 heavy (non-hydrogen) atoms. The fraction of sp³-hybridized carbons (Fsp3) is 0.267. The lowest BCUT2D eigenvalue weighted by Gasteiger charge is -2.05. The minimum atomic E-state index is 0.418. The van der Waals surface area contributed by atoms with Crippen molar-refractivity contribution in [2.24, 2.45) is 7.05 Å². The summed E-state index contributed by atoms with van der Waals surface area (Å²) < 4.78 is 2.16. The molecular weight excluding hydrogens is 236 g/mol. The Morgan fingerprint density at radius 2 is 1.79 bits per heavy atom. The first-order chi connectivity index (χ1) is 9.16. The highest BCUT2D eigenvalue weighted by Crippen LogP contribution is 2.25. The zero-order valence-electron chi connectivity index (χ0n) is 11.3. The Morgan fingerprint density at radius 1 is 1.05 bits per heavy atom. The lowest BCUT2D eigenvalue weighted by Crippen LogP contribution is -1.99. The summed E-state index contributed by atoms with van der Waals surface area (Å²) in [5.41, 5.74) is 4.32. The predicted molar refractivity (Wildman–Crippen MR) is 75.8 cm³/mol. The Hall–Kier alpha value is -2.23. The van der Waals surface area contributed by atoms with E-state index in [4.69, 9.17) is 0 Å². The number of aryl methyl sites for hydroxylation is 1. The minimum Gasteiger partial charge on any atom is -0.331 e. The first kappa shape index (κ1) is 11.8. The van der Waals surface area contributed by atoms with Crippen LogP contribution in [0, 0.1) is 0 Å². The van der Waals surface area contributed by atoms with Gasteiger partial charge in [-0.25, -0.2) is 15.0 Å². The third-order valence-electron chi connectivity index (χ3n) is 3.33. The minimum absolute atomic E-state index is 0.418. The number of rotatable bonds is 2. The van der Waals surface area contributed by atoms with E-state index in [1.54, 1.807) is 6.33 Å². The van der Waals surface area contributed by atoms with Gasteiger partial charge in [0.05, 0.1) is 11.0 Å². The number of imidazole rings is 1. The van der Waals surface area contributed by atoms with Crippen molar-refractivity contribution in [3.8, 4) is 11.1 Å². The highest BCUT2D eigenvalue weighted by Gasteiger charge is 2.11. The van der Waals surface area contributed by atoms with Crippen LogP contribution in [0.5, 0.6) is 0 Å². The molecule has 3 aromatic rings. The largest absolute Gasteiger partial charge is 0.331 e. The van der Waals surface area contributed by atoms with Crippen LogP contribution >= 0.6 is 0 Å². The molecule has 0 fully saturated rings. The van der Waals surface area contributed by atoms with Gasteiger partial charge in [0.2, 0.25) is 0 Å². The van der Waals surface area contributed by atoms with Crippen LogP contribution < -0.4 is 0 Å². The van der Waals surface area contributed by atoms with Crippen molar-refractivity contribution in [3.05, 3.63) is 42.7 Å². The first-order valence-corrected chi connectivity index (χ1v) is 6.38. The molecule has 0 unspecified atom stereocenters. The summed E-state index contributed by atoms with van der Waals surface area (Å²) in [6.07, 6.45) is 5.20. The Balaban J connectivity index is 2.18. The van der Waals surface area contributed by atoms with Gasteiger partial charge in [-0.05, 0) is 17.7 Å². The first-order valence-electron chi connectivity index (χ1n) is 6.38. The van der Waals surface area contributed by atoms with Crippen molar-refractivity contribution < 1.29 is 0 Å². The van der Waals surface area contributed by atoms with E-state index in [2.05, 4.69) is 58.6 Å². The highest BCUT2D eigenvalue weighted by molar-refractivity contribution is 5.82. The van der Waals surface area contributed by atoms with Gasteiger partial charge >= 0.3 is 0 Å². The van der Waals surface area contributed by atoms with E-state index in [0.717, 1.165) is 28.0 Å². The zero-order valence-corrected chi connectivity index (χ0v) is 11.3. The molecule has 4 heteroatoms. The van der Waals surface area contributed by atoms with Crippen molar-refractivity contribution in [3.63, 3.8) is 0 Å². The summed E-state index contributed by atoms with van der Waals surface area (Å²) in [4.78, 5) is 12.8. The molecule has 0 spiro atoms. The number of hydrogen-bond donors (Lipinski definition) is 0. The van der Waals surface area contributed by atoms with Gasteiger partial charge in [0.1, 0.15) is 12.2 Å². The van der Waals surface area contributed by atoms with Crippen molar-refractivity contribution in [2.75, 3.05) is 0 Å². The van der Waals surface area contributed by atoms with E-state index in [0.29, 0.717) is 5.92 Å². The second-order valence-corrected chi connectivity index (χ2v) is 5.01. The maximum Gasteiger partial charge on any atom is 0.115 e. The molecule has 2 heterocycles. The average Bonchev–Trinajstić information content (AvgIpc) is 2.77. The smallest absolute Gasteiger partial charge is 0.115 e. The second kappa shape index (κ2) is 4.46. The Labute approximate surface area is 112 Å². The van der Waals surface area contributed by atoms with Gasteiger partial charge in [-0.15, -0.1) is 0 Å². The van der Waals surface area contributed by atoms with E-state index in [-0.39, 0.29) is 0 Å². The molecule has 0 saturated carbocycles.